The summed E-state index contributed by atoms with van der Waals surface area (Å²) in [7, 11) is -1.41. The van der Waals surface area contributed by atoms with E-state index in [9.17, 15) is 0 Å². The van der Waals surface area contributed by atoms with Crippen LogP contribution in [0.3, 0.4) is 0 Å². The summed E-state index contributed by atoms with van der Waals surface area (Å²) in [6, 6.07) is 14.9. The molecule has 0 fully saturated rings. The highest BCUT2D eigenvalue weighted by atomic mass is 28.3. The molecule has 0 atom stereocenters. The van der Waals surface area contributed by atoms with Crippen molar-refractivity contribution in [1.29, 1.82) is 0 Å². The molecular weight excluding hydrogens is 272 g/mol. The lowest BCUT2D eigenvalue weighted by Gasteiger charge is -2.25. The molecule has 104 valence electrons. The van der Waals surface area contributed by atoms with E-state index in [1.165, 1.54) is 27.2 Å². The van der Waals surface area contributed by atoms with Gasteiger partial charge in [0.05, 0.1) is 13.8 Å². The van der Waals surface area contributed by atoms with Gasteiger partial charge >= 0.3 is 0 Å². The molecule has 0 aliphatic carbocycles. The number of fused-ring (bicyclic) bond motifs is 2. The molecule has 1 aliphatic heterocycles. The summed E-state index contributed by atoms with van der Waals surface area (Å²) in [5, 5.41) is 7.63. The number of nitrogens with zero attached hydrogens (tertiary/aromatic N) is 1. The minimum Gasteiger partial charge on any atom is -0.354 e. The van der Waals surface area contributed by atoms with Crippen LogP contribution < -0.4 is 10.5 Å². The van der Waals surface area contributed by atoms with E-state index in [0.29, 0.717) is 0 Å². The summed E-state index contributed by atoms with van der Waals surface area (Å²) in [5.74, 6) is 0. The summed E-state index contributed by atoms with van der Waals surface area (Å²) >= 11 is 0. The van der Waals surface area contributed by atoms with Crippen LogP contribution in [0.1, 0.15) is 0 Å². The summed E-state index contributed by atoms with van der Waals surface area (Å²) in [4.78, 5) is 4.84. The Bertz CT molecular complexity index is 863. The molecule has 0 saturated heterocycles. The molecule has 4 rings (SSSR count). The van der Waals surface area contributed by atoms with Crippen LogP contribution in [0.5, 0.6) is 0 Å². The molecule has 3 heteroatoms. The normalized spacial score (nSPS) is 12.9. The second kappa shape index (κ2) is 4.18. The van der Waals surface area contributed by atoms with Crippen LogP contribution in [0.25, 0.3) is 22.0 Å². The van der Waals surface area contributed by atoms with Crippen LogP contribution in [0, 0.1) is 0 Å². The van der Waals surface area contributed by atoms with Gasteiger partial charge in [-0.2, -0.15) is 0 Å². The van der Waals surface area contributed by atoms with Gasteiger partial charge in [0, 0.05) is 28.5 Å². The number of anilines is 2. The molecule has 2 heterocycles. The Labute approximate surface area is 125 Å². The van der Waals surface area contributed by atoms with Gasteiger partial charge in [-0.1, -0.05) is 50.0 Å². The van der Waals surface area contributed by atoms with Crippen LogP contribution in [0.2, 0.25) is 19.6 Å². The molecule has 2 aromatic carbocycles. The maximum atomic E-state index is 4.84. The van der Waals surface area contributed by atoms with Crippen LogP contribution in [-0.2, 0) is 0 Å². The van der Waals surface area contributed by atoms with Crippen molar-refractivity contribution in [1.82, 2.24) is 4.98 Å². The number of nitrogens with one attached hydrogen (secondary N) is 1. The van der Waals surface area contributed by atoms with E-state index < -0.39 is 8.07 Å². The first-order valence-electron chi connectivity index (χ1n) is 7.34. The molecular formula is C18H18N2Si. The Morgan fingerprint density at radius 2 is 1.67 bits per heavy atom. The molecule has 1 aliphatic rings. The minimum absolute atomic E-state index is 1.11. The summed E-state index contributed by atoms with van der Waals surface area (Å²) in [6.07, 6.45) is 2.11. The van der Waals surface area contributed by atoms with E-state index in [0.717, 1.165) is 11.4 Å². The molecule has 3 aromatic rings. The van der Waals surface area contributed by atoms with Crippen molar-refractivity contribution in [2.45, 2.75) is 19.6 Å². The van der Waals surface area contributed by atoms with E-state index in [1.807, 2.05) is 0 Å². The van der Waals surface area contributed by atoms with Crippen molar-refractivity contribution in [2.75, 3.05) is 5.32 Å². The molecule has 21 heavy (non-hydrogen) atoms. The maximum Gasteiger partial charge on any atom is 0.0821 e. The topological polar surface area (TPSA) is 24.9 Å². The largest absolute Gasteiger partial charge is 0.354 e. The van der Waals surface area contributed by atoms with E-state index >= 15 is 0 Å². The fourth-order valence-corrected chi connectivity index (χ4v) is 4.61. The lowest BCUT2D eigenvalue weighted by molar-refractivity contribution is 1.35. The molecule has 0 unspecified atom stereocenters. The average molecular weight is 290 g/mol. The lowest BCUT2D eigenvalue weighted by Crippen LogP contribution is -2.38. The lowest BCUT2D eigenvalue weighted by atomic mass is 9.97. The predicted molar refractivity (Wildman–Crippen MR) is 93.4 cm³/mol. The zero-order valence-electron chi connectivity index (χ0n) is 12.6. The smallest absolute Gasteiger partial charge is 0.0821 e. The first-order chi connectivity index (χ1) is 10.1. The van der Waals surface area contributed by atoms with Gasteiger partial charge < -0.3 is 5.32 Å². The van der Waals surface area contributed by atoms with Crippen molar-refractivity contribution in [3.63, 3.8) is 0 Å². The predicted octanol–water partition coefficient (Wildman–Crippen LogP) is 4.50. The van der Waals surface area contributed by atoms with E-state index in [4.69, 9.17) is 4.98 Å². The van der Waals surface area contributed by atoms with Crippen LogP contribution in [0.15, 0.2) is 48.7 Å². The van der Waals surface area contributed by atoms with Gasteiger partial charge in [0.2, 0.25) is 0 Å². The van der Waals surface area contributed by atoms with Crippen molar-refractivity contribution in [2.24, 2.45) is 0 Å². The minimum atomic E-state index is -1.41. The highest BCUT2D eigenvalue weighted by molar-refractivity contribution is 6.90. The second-order valence-corrected chi connectivity index (χ2v) is 11.7. The zero-order valence-corrected chi connectivity index (χ0v) is 13.6. The fourth-order valence-electron chi connectivity index (χ4n) is 3.14. The number of aromatic nitrogens is 1. The summed E-state index contributed by atoms with van der Waals surface area (Å²) in [6.45, 7) is 7.13. The molecule has 0 radical (unpaired) electrons. The Balaban J connectivity index is 2.14. The van der Waals surface area contributed by atoms with Gasteiger partial charge in [0.25, 0.3) is 0 Å². The van der Waals surface area contributed by atoms with Gasteiger partial charge in [-0.3, -0.25) is 4.98 Å². The van der Waals surface area contributed by atoms with E-state index in [2.05, 4.69) is 73.6 Å². The zero-order chi connectivity index (χ0) is 14.6. The second-order valence-electron chi connectivity index (χ2n) is 6.67. The highest BCUT2D eigenvalue weighted by Crippen LogP contribution is 2.41. The molecule has 0 amide bonds. The van der Waals surface area contributed by atoms with E-state index in [1.54, 1.807) is 0 Å². The van der Waals surface area contributed by atoms with Crippen molar-refractivity contribution < 1.29 is 0 Å². The third-order valence-corrected chi connectivity index (χ3v) is 6.19. The molecule has 0 saturated carbocycles. The Kier molecular flexibility index (Phi) is 2.51. The monoisotopic (exact) mass is 290 g/mol. The van der Waals surface area contributed by atoms with Crippen LogP contribution in [0.4, 0.5) is 11.4 Å². The fraction of sp³-hybridized carbons (Fsp3) is 0.167. The summed E-state index contributed by atoms with van der Waals surface area (Å²) < 4.78 is 0. The summed E-state index contributed by atoms with van der Waals surface area (Å²) in [5.41, 5.74) is 4.62. The van der Waals surface area contributed by atoms with Gasteiger partial charge in [0.15, 0.2) is 0 Å². The molecule has 1 N–H and O–H groups in total. The van der Waals surface area contributed by atoms with Gasteiger partial charge in [-0.15, -0.1) is 0 Å². The Morgan fingerprint density at radius 1 is 0.905 bits per heavy atom. The number of hydrogen-bond acceptors (Lipinski definition) is 2. The van der Waals surface area contributed by atoms with Crippen LogP contribution >= 0.6 is 0 Å². The van der Waals surface area contributed by atoms with Gasteiger partial charge in [-0.25, -0.2) is 0 Å². The van der Waals surface area contributed by atoms with Crippen LogP contribution in [-0.4, -0.2) is 13.1 Å². The first kappa shape index (κ1) is 12.6. The third kappa shape index (κ3) is 1.81. The van der Waals surface area contributed by atoms with Crippen molar-refractivity contribution >= 4 is 35.4 Å². The average Bonchev–Trinajstić information content (AvgIpc) is 2.46. The number of hydrogen-bond donors (Lipinski definition) is 1. The number of rotatable bonds is 1. The Morgan fingerprint density at radius 3 is 2.48 bits per heavy atom. The molecule has 1 aromatic heterocycles. The molecule has 0 spiro atoms. The maximum absolute atomic E-state index is 4.84. The van der Waals surface area contributed by atoms with Gasteiger partial charge in [0.1, 0.15) is 0 Å². The van der Waals surface area contributed by atoms with Gasteiger partial charge in [-0.05, 0) is 22.7 Å². The Hall–Kier alpha value is -2.13. The third-order valence-electron chi connectivity index (χ3n) is 4.17. The van der Waals surface area contributed by atoms with Crippen molar-refractivity contribution in [3.8, 4) is 11.3 Å². The number of benzene rings is 2. The van der Waals surface area contributed by atoms with Crippen molar-refractivity contribution in [3.05, 3.63) is 48.7 Å². The SMILES string of the molecule is C[Si](C)(C)c1cnc2c3c(cccc13)Nc1ccccc1-2. The molecule has 0 bridgehead atoms. The number of para-hydroxylation sites is 1. The van der Waals surface area contributed by atoms with E-state index in [-0.39, 0.29) is 0 Å². The number of pyridine rings is 1. The molecule has 2 nitrogen and oxygen atoms in total. The first-order valence-corrected chi connectivity index (χ1v) is 10.8. The quantitative estimate of drug-likeness (QED) is 0.522. The standard InChI is InChI=1S/C18H18N2Si/c1-21(2,3)16-11-19-18-12-7-4-5-9-14(12)20-15-10-6-8-13(16)17(15)18/h4-11,20H,1-3H3. The highest BCUT2D eigenvalue weighted by Gasteiger charge is 2.25.